The van der Waals surface area contributed by atoms with Gasteiger partial charge in [0.05, 0.1) is 18.3 Å². The Kier molecular flexibility index (Phi) is 5.82. The largest absolute Gasteiger partial charge is 0.496 e. The van der Waals surface area contributed by atoms with Crippen LogP contribution in [-0.4, -0.2) is 25.2 Å². The zero-order valence-corrected chi connectivity index (χ0v) is 18.7. The molecule has 0 radical (unpaired) electrons. The molecular formula is C26H24FNO5. The van der Waals surface area contributed by atoms with Crippen LogP contribution in [0.1, 0.15) is 29.8 Å². The molecule has 2 N–H and O–H groups in total. The summed E-state index contributed by atoms with van der Waals surface area (Å²) in [5.74, 6) is 1.24. The van der Waals surface area contributed by atoms with Gasteiger partial charge in [0.25, 0.3) is 5.91 Å². The number of carbonyl (C=O) groups is 1. The maximum atomic E-state index is 13.1. The number of halogens is 1. The number of ether oxygens (including phenoxy) is 2. The number of aliphatic hydroxyl groups is 1. The first-order chi connectivity index (χ1) is 15.7. The van der Waals surface area contributed by atoms with Gasteiger partial charge in [-0.2, -0.15) is 0 Å². The highest BCUT2D eigenvalue weighted by Gasteiger charge is 2.27. The third kappa shape index (κ3) is 4.40. The first-order valence-corrected chi connectivity index (χ1v) is 10.3. The minimum atomic E-state index is -1.17. The van der Waals surface area contributed by atoms with E-state index in [9.17, 15) is 14.3 Å². The van der Waals surface area contributed by atoms with E-state index in [1.54, 1.807) is 69.4 Å². The highest BCUT2D eigenvalue weighted by atomic mass is 19.1. The molecule has 1 heterocycles. The average molecular weight is 449 g/mol. The fourth-order valence-corrected chi connectivity index (χ4v) is 3.64. The number of carbonyl (C=O) groups excluding carboxylic acids is 1. The summed E-state index contributed by atoms with van der Waals surface area (Å²) in [5, 5.41) is 13.8. The number of hydrogen-bond donors (Lipinski definition) is 2. The van der Waals surface area contributed by atoms with Gasteiger partial charge in [0.2, 0.25) is 0 Å². The van der Waals surface area contributed by atoms with Crippen molar-refractivity contribution in [2.24, 2.45) is 0 Å². The van der Waals surface area contributed by atoms with Crippen molar-refractivity contribution in [1.82, 2.24) is 5.32 Å². The van der Waals surface area contributed by atoms with Gasteiger partial charge in [-0.05, 0) is 74.5 Å². The van der Waals surface area contributed by atoms with Crippen LogP contribution in [0.25, 0.3) is 22.3 Å². The lowest BCUT2D eigenvalue weighted by molar-refractivity contribution is 0.0757. The molecule has 33 heavy (non-hydrogen) atoms. The summed E-state index contributed by atoms with van der Waals surface area (Å²) >= 11 is 0. The van der Waals surface area contributed by atoms with E-state index in [1.165, 1.54) is 19.2 Å². The molecule has 0 aliphatic carbocycles. The molecule has 0 fully saturated rings. The number of rotatable bonds is 6. The summed E-state index contributed by atoms with van der Waals surface area (Å²) in [6, 6.07) is 16.1. The fourth-order valence-electron chi connectivity index (χ4n) is 3.64. The molecule has 0 bridgehead atoms. The lowest BCUT2D eigenvalue weighted by Gasteiger charge is -2.20. The van der Waals surface area contributed by atoms with Gasteiger partial charge in [0, 0.05) is 23.6 Å². The lowest BCUT2D eigenvalue weighted by Crippen LogP contribution is -2.18. The van der Waals surface area contributed by atoms with Crippen molar-refractivity contribution in [3.8, 4) is 28.6 Å². The second-order valence-corrected chi connectivity index (χ2v) is 8.07. The maximum Gasteiger partial charge on any atom is 0.255 e. The van der Waals surface area contributed by atoms with Crippen LogP contribution in [-0.2, 0) is 5.60 Å². The van der Waals surface area contributed by atoms with E-state index in [0.717, 1.165) is 0 Å². The minimum absolute atomic E-state index is 0.312. The molecule has 0 saturated heterocycles. The molecule has 7 heteroatoms. The quantitative estimate of drug-likeness (QED) is 0.399. The lowest BCUT2D eigenvalue weighted by atomic mass is 9.95. The van der Waals surface area contributed by atoms with Gasteiger partial charge >= 0.3 is 0 Å². The Labute approximate surface area is 190 Å². The Hall–Kier alpha value is -3.84. The first kappa shape index (κ1) is 22.4. The number of hydrogen-bond acceptors (Lipinski definition) is 5. The van der Waals surface area contributed by atoms with Crippen LogP contribution >= 0.6 is 0 Å². The Morgan fingerprint density at radius 1 is 1.03 bits per heavy atom. The number of benzene rings is 3. The van der Waals surface area contributed by atoms with Gasteiger partial charge in [-0.1, -0.05) is 0 Å². The minimum Gasteiger partial charge on any atom is -0.496 e. The second-order valence-electron chi connectivity index (χ2n) is 8.07. The van der Waals surface area contributed by atoms with Gasteiger partial charge in [-0.15, -0.1) is 0 Å². The van der Waals surface area contributed by atoms with E-state index in [2.05, 4.69) is 5.32 Å². The Morgan fingerprint density at radius 3 is 2.18 bits per heavy atom. The molecule has 0 spiro atoms. The SMILES string of the molecule is CNC(=O)c1c(-c2ccc(Oc3ccc(F)cc3)cc2)oc2cc(C(C)(C)O)c(OC)cc12. The Balaban J connectivity index is 1.79. The zero-order valence-electron chi connectivity index (χ0n) is 18.7. The Morgan fingerprint density at radius 2 is 1.64 bits per heavy atom. The van der Waals surface area contributed by atoms with Crippen molar-refractivity contribution in [2.75, 3.05) is 14.2 Å². The van der Waals surface area contributed by atoms with Crippen LogP contribution in [0.15, 0.2) is 65.1 Å². The highest BCUT2D eigenvalue weighted by Crippen LogP contribution is 2.40. The van der Waals surface area contributed by atoms with E-state index in [-0.39, 0.29) is 11.7 Å². The van der Waals surface area contributed by atoms with Crippen LogP contribution in [0.5, 0.6) is 17.2 Å². The first-order valence-electron chi connectivity index (χ1n) is 10.3. The van der Waals surface area contributed by atoms with Crippen molar-refractivity contribution < 1.29 is 28.2 Å². The third-order valence-corrected chi connectivity index (χ3v) is 5.29. The molecule has 6 nitrogen and oxygen atoms in total. The second kappa shape index (κ2) is 8.60. The van der Waals surface area contributed by atoms with E-state index < -0.39 is 5.60 Å². The maximum absolute atomic E-state index is 13.1. The molecule has 4 rings (SSSR count). The number of amides is 1. The van der Waals surface area contributed by atoms with Gasteiger partial charge in [-0.3, -0.25) is 4.79 Å². The fraction of sp³-hybridized carbons (Fsp3) is 0.192. The van der Waals surface area contributed by atoms with E-state index >= 15 is 0 Å². The molecule has 170 valence electrons. The van der Waals surface area contributed by atoms with Crippen molar-refractivity contribution in [2.45, 2.75) is 19.4 Å². The molecule has 4 aromatic rings. The van der Waals surface area contributed by atoms with Crippen molar-refractivity contribution in [3.05, 3.63) is 77.6 Å². The molecule has 0 atom stereocenters. The number of fused-ring (bicyclic) bond motifs is 1. The van der Waals surface area contributed by atoms with Gasteiger partial charge in [-0.25, -0.2) is 4.39 Å². The normalized spacial score (nSPS) is 11.5. The summed E-state index contributed by atoms with van der Waals surface area (Å²) in [4.78, 5) is 12.8. The molecule has 0 aliphatic rings. The molecule has 0 aliphatic heterocycles. The molecule has 0 unspecified atom stereocenters. The summed E-state index contributed by atoms with van der Waals surface area (Å²) in [5.41, 5.74) is 0.858. The van der Waals surface area contributed by atoms with Crippen LogP contribution in [0.2, 0.25) is 0 Å². The smallest absolute Gasteiger partial charge is 0.255 e. The summed E-state index contributed by atoms with van der Waals surface area (Å²) in [6.45, 7) is 3.31. The zero-order chi connectivity index (χ0) is 23.8. The number of furan rings is 1. The van der Waals surface area contributed by atoms with Gasteiger partial charge in [0.1, 0.15) is 34.4 Å². The summed E-state index contributed by atoms with van der Waals surface area (Å²) in [6.07, 6.45) is 0. The van der Waals surface area contributed by atoms with E-state index in [0.29, 0.717) is 50.7 Å². The molecule has 1 aromatic heterocycles. The van der Waals surface area contributed by atoms with Crippen molar-refractivity contribution in [1.29, 1.82) is 0 Å². The molecule has 1 amide bonds. The van der Waals surface area contributed by atoms with Crippen LogP contribution in [0.3, 0.4) is 0 Å². The van der Waals surface area contributed by atoms with E-state index in [4.69, 9.17) is 13.9 Å². The van der Waals surface area contributed by atoms with Crippen LogP contribution < -0.4 is 14.8 Å². The topological polar surface area (TPSA) is 80.9 Å². The van der Waals surface area contributed by atoms with Crippen LogP contribution in [0, 0.1) is 5.82 Å². The monoisotopic (exact) mass is 449 g/mol. The molecular weight excluding hydrogens is 425 g/mol. The molecule has 3 aromatic carbocycles. The summed E-state index contributed by atoms with van der Waals surface area (Å²) < 4.78 is 30.4. The molecule has 0 saturated carbocycles. The standard InChI is InChI=1S/C26H24FNO5/c1-26(2,30)20-14-21-19(13-22(20)31-4)23(25(29)28-3)24(33-21)15-5-9-17(10-6-15)32-18-11-7-16(27)8-12-18/h5-14,30H,1-4H3,(H,28,29). The number of nitrogens with one attached hydrogen (secondary N) is 1. The number of methoxy groups -OCH3 is 1. The van der Waals surface area contributed by atoms with Crippen molar-refractivity contribution in [3.63, 3.8) is 0 Å². The van der Waals surface area contributed by atoms with Gasteiger partial charge in [0.15, 0.2) is 0 Å². The van der Waals surface area contributed by atoms with Gasteiger partial charge < -0.3 is 24.3 Å². The Bertz CT molecular complexity index is 1300. The van der Waals surface area contributed by atoms with Crippen molar-refractivity contribution >= 4 is 16.9 Å². The average Bonchev–Trinajstić information content (AvgIpc) is 3.17. The highest BCUT2D eigenvalue weighted by molar-refractivity contribution is 6.11. The summed E-state index contributed by atoms with van der Waals surface area (Å²) in [7, 11) is 3.06. The van der Waals surface area contributed by atoms with E-state index in [1.807, 2.05) is 0 Å². The third-order valence-electron chi connectivity index (χ3n) is 5.29. The van der Waals surface area contributed by atoms with Crippen LogP contribution in [0.4, 0.5) is 4.39 Å². The predicted molar refractivity (Wildman–Crippen MR) is 123 cm³/mol. The predicted octanol–water partition coefficient (Wildman–Crippen LogP) is 5.63.